The molecule has 0 fully saturated rings. The average Bonchev–Trinajstić information content (AvgIpc) is 2.96. The summed E-state index contributed by atoms with van der Waals surface area (Å²) in [6, 6.07) is -1.09. The molecule has 19 heavy (non-hydrogen) atoms. The molecule has 2 rings (SSSR count). The number of hydrogen-bond donors (Lipinski definition) is 0. The van der Waals surface area contributed by atoms with Crippen molar-refractivity contribution >= 4 is 6.03 Å². The van der Waals surface area contributed by atoms with Crippen LogP contribution < -0.4 is 0 Å². The summed E-state index contributed by atoms with van der Waals surface area (Å²) in [5, 5.41) is 7.05. The molecule has 2 aromatic rings. The molecule has 102 valence electrons. The normalized spacial score (nSPS) is 12.1. The van der Waals surface area contributed by atoms with Crippen LogP contribution in [0.5, 0.6) is 0 Å². The van der Waals surface area contributed by atoms with Crippen molar-refractivity contribution in [3.05, 3.63) is 24.3 Å². The van der Waals surface area contributed by atoms with Gasteiger partial charge in [0, 0.05) is 5.92 Å². The first-order valence-corrected chi connectivity index (χ1v) is 5.24. The average molecular weight is 274 g/mol. The molecule has 0 amide bonds. The lowest BCUT2D eigenvalue weighted by Crippen LogP contribution is -2.27. The number of halogens is 3. The predicted octanol–water partition coefficient (Wildman–Crippen LogP) is 1.53. The van der Waals surface area contributed by atoms with E-state index >= 15 is 0 Å². The summed E-state index contributed by atoms with van der Waals surface area (Å²) in [7, 11) is 0. The summed E-state index contributed by atoms with van der Waals surface area (Å²) in [6.45, 7) is 3.25. The van der Waals surface area contributed by atoms with E-state index in [0.717, 1.165) is 12.7 Å². The number of carbonyl (C=O) groups excluding carboxylic acids is 1. The zero-order valence-electron chi connectivity index (χ0n) is 9.96. The first kappa shape index (κ1) is 13.2. The van der Waals surface area contributed by atoms with Crippen molar-refractivity contribution in [2.45, 2.75) is 25.9 Å². The third-order valence-corrected chi connectivity index (χ3v) is 2.19. The molecule has 0 saturated heterocycles. The summed E-state index contributed by atoms with van der Waals surface area (Å²) < 4.78 is 39.3. The highest BCUT2D eigenvalue weighted by Gasteiger charge is 2.40. The number of nitrogens with zero attached hydrogens (tertiary/aromatic N) is 6. The second kappa shape index (κ2) is 4.44. The minimum atomic E-state index is -4.78. The fourth-order valence-corrected chi connectivity index (χ4v) is 1.29. The Morgan fingerprint density at radius 3 is 2.53 bits per heavy atom. The number of rotatable bonds is 1. The molecule has 0 N–H and O–H groups in total. The number of aromatic nitrogens is 6. The molecule has 0 atom stereocenters. The van der Waals surface area contributed by atoms with Gasteiger partial charge in [0.1, 0.15) is 12.7 Å². The highest BCUT2D eigenvalue weighted by atomic mass is 19.4. The summed E-state index contributed by atoms with van der Waals surface area (Å²) >= 11 is 0. The predicted molar refractivity (Wildman–Crippen MR) is 55.3 cm³/mol. The third-order valence-electron chi connectivity index (χ3n) is 2.19. The first-order valence-electron chi connectivity index (χ1n) is 5.24. The zero-order valence-corrected chi connectivity index (χ0v) is 9.96. The fourth-order valence-electron chi connectivity index (χ4n) is 1.29. The van der Waals surface area contributed by atoms with Gasteiger partial charge < -0.3 is 0 Å². The van der Waals surface area contributed by atoms with Crippen LogP contribution in [0.4, 0.5) is 18.0 Å². The van der Waals surface area contributed by atoms with Gasteiger partial charge in [-0.25, -0.2) is 14.8 Å². The van der Waals surface area contributed by atoms with Crippen LogP contribution in [-0.2, 0) is 6.18 Å². The first-order chi connectivity index (χ1) is 8.80. The van der Waals surface area contributed by atoms with E-state index in [-0.39, 0.29) is 16.4 Å². The Balaban J connectivity index is 2.52. The lowest BCUT2D eigenvalue weighted by atomic mass is 10.2. The van der Waals surface area contributed by atoms with Gasteiger partial charge in [0.25, 0.3) is 0 Å². The Labute approximate surface area is 105 Å². The van der Waals surface area contributed by atoms with Crippen LogP contribution in [-0.4, -0.2) is 35.6 Å². The Morgan fingerprint density at radius 2 is 2.05 bits per heavy atom. The zero-order chi connectivity index (χ0) is 14.2. The molecule has 2 aromatic heterocycles. The van der Waals surface area contributed by atoms with Crippen LogP contribution in [0.25, 0.3) is 0 Å². The van der Waals surface area contributed by atoms with E-state index in [1.165, 1.54) is 0 Å². The van der Waals surface area contributed by atoms with E-state index in [1.54, 1.807) is 13.8 Å². The Morgan fingerprint density at radius 1 is 1.37 bits per heavy atom. The SMILES string of the molecule is CC(C)c1nc(C(F)(F)F)n(C(=O)n2cncn2)n1. The van der Waals surface area contributed by atoms with Gasteiger partial charge in [-0.05, 0) is 0 Å². The lowest BCUT2D eigenvalue weighted by Gasteiger charge is -2.06. The van der Waals surface area contributed by atoms with E-state index < -0.39 is 18.0 Å². The maximum Gasteiger partial charge on any atom is 0.451 e. The van der Waals surface area contributed by atoms with Crippen molar-refractivity contribution in [3.8, 4) is 0 Å². The fraction of sp³-hybridized carbons (Fsp3) is 0.444. The highest BCUT2D eigenvalue weighted by molar-refractivity contribution is 5.77. The Bertz CT molecular complexity index is 586. The van der Waals surface area contributed by atoms with Gasteiger partial charge in [0.2, 0.25) is 5.82 Å². The van der Waals surface area contributed by atoms with E-state index in [9.17, 15) is 18.0 Å². The standard InChI is InChI=1S/C9H9F3N6O/c1-5(2)6-15-7(9(10,11)12)18(16-6)8(19)17-4-13-3-14-17/h3-5H,1-2H3. The van der Waals surface area contributed by atoms with Gasteiger partial charge in [-0.2, -0.15) is 27.6 Å². The van der Waals surface area contributed by atoms with Crippen molar-refractivity contribution in [1.82, 2.24) is 29.5 Å². The van der Waals surface area contributed by atoms with Crippen molar-refractivity contribution in [2.75, 3.05) is 0 Å². The number of alkyl halides is 3. The smallest absolute Gasteiger partial charge is 0.243 e. The monoisotopic (exact) mass is 274 g/mol. The minimum Gasteiger partial charge on any atom is -0.243 e. The summed E-state index contributed by atoms with van der Waals surface area (Å²) in [4.78, 5) is 18.7. The van der Waals surface area contributed by atoms with E-state index in [1.807, 2.05) is 0 Å². The van der Waals surface area contributed by atoms with Crippen LogP contribution in [0.3, 0.4) is 0 Å². The highest BCUT2D eigenvalue weighted by Crippen LogP contribution is 2.28. The number of hydrogen-bond acceptors (Lipinski definition) is 5. The molecular formula is C9H9F3N6O. The quantitative estimate of drug-likeness (QED) is 0.788. The van der Waals surface area contributed by atoms with Crippen molar-refractivity contribution in [3.63, 3.8) is 0 Å². The molecule has 0 aliphatic rings. The van der Waals surface area contributed by atoms with Crippen LogP contribution in [0.1, 0.15) is 31.4 Å². The maximum atomic E-state index is 12.8. The van der Waals surface area contributed by atoms with Gasteiger partial charge >= 0.3 is 12.2 Å². The van der Waals surface area contributed by atoms with E-state index in [2.05, 4.69) is 20.2 Å². The second-order valence-corrected chi connectivity index (χ2v) is 3.98. The topological polar surface area (TPSA) is 78.5 Å². The molecule has 7 nitrogen and oxygen atoms in total. The van der Waals surface area contributed by atoms with Crippen LogP contribution >= 0.6 is 0 Å². The van der Waals surface area contributed by atoms with Crippen molar-refractivity contribution in [2.24, 2.45) is 0 Å². The molecule has 0 aromatic carbocycles. The molecular weight excluding hydrogens is 265 g/mol. The Kier molecular flexibility index (Phi) is 3.08. The van der Waals surface area contributed by atoms with Gasteiger partial charge in [-0.1, -0.05) is 13.8 Å². The molecule has 0 aliphatic heterocycles. The van der Waals surface area contributed by atoms with E-state index in [4.69, 9.17) is 0 Å². The van der Waals surface area contributed by atoms with Crippen LogP contribution in [0.2, 0.25) is 0 Å². The van der Waals surface area contributed by atoms with Crippen LogP contribution in [0, 0.1) is 0 Å². The Hall–Kier alpha value is -2.26. The largest absolute Gasteiger partial charge is 0.451 e. The summed E-state index contributed by atoms with van der Waals surface area (Å²) in [5.74, 6) is -1.79. The van der Waals surface area contributed by atoms with Crippen molar-refractivity contribution in [1.29, 1.82) is 0 Å². The lowest BCUT2D eigenvalue weighted by molar-refractivity contribution is -0.146. The molecule has 2 heterocycles. The van der Waals surface area contributed by atoms with Gasteiger partial charge in [0.15, 0.2) is 5.82 Å². The van der Waals surface area contributed by atoms with Gasteiger partial charge in [-0.3, -0.25) is 0 Å². The maximum absolute atomic E-state index is 12.8. The molecule has 0 aliphatic carbocycles. The number of carbonyl (C=O) groups is 1. The van der Waals surface area contributed by atoms with Crippen molar-refractivity contribution < 1.29 is 18.0 Å². The minimum absolute atomic E-state index is 0.0687. The second-order valence-electron chi connectivity index (χ2n) is 3.98. The van der Waals surface area contributed by atoms with Gasteiger partial charge in [-0.15, -0.1) is 5.10 Å². The summed E-state index contributed by atoms with van der Waals surface area (Å²) in [6.07, 6.45) is -2.76. The van der Waals surface area contributed by atoms with Crippen LogP contribution in [0.15, 0.2) is 12.7 Å². The van der Waals surface area contributed by atoms with E-state index in [0.29, 0.717) is 4.68 Å². The van der Waals surface area contributed by atoms with Gasteiger partial charge in [0.05, 0.1) is 0 Å². The molecule has 0 unspecified atom stereocenters. The molecule has 0 saturated carbocycles. The molecule has 10 heteroatoms. The molecule has 0 bridgehead atoms. The third kappa shape index (κ3) is 2.46. The summed E-state index contributed by atoms with van der Waals surface area (Å²) in [5.41, 5.74) is 0. The molecule has 0 spiro atoms. The molecule has 0 radical (unpaired) electrons.